The van der Waals surface area contributed by atoms with Gasteiger partial charge in [0, 0.05) is 17.0 Å². The molecule has 0 radical (unpaired) electrons. The maximum Gasteiger partial charge on any atom is 0.336 e. The van der Waals surface area contributed by atoms with Crippen LogP contribution in [0.1, 0.15) is 11.1 Å². The van der Waals surface area contributed by atoms with Gasteiger partial charge in [0.15, 0.2) is 0 Å². The standard InChI is InChI=1S/C20H17NO3/c1-13-4-2-3-5-16(13)18-10-20(23)24-19-9-14(6-7-17(18)19)8-15(11-21)12-22/h2-7,9-10,15,22H,8,12H2,1H3. The van der Waals surface area contributed by atoms with E-state index in [0.29, 0.717) is 12.0 Å². The lowest BCUT2D eigenvalue weighted by Crippen LogP contribution is -2.07. The van der Waals surface area contributed by atoms with E-state index in [4.69, 9.17) is 9.68 Å². The van der Waals surface area contributed by atoms with Gasteiger partial charge in [-0.1, -0.05) is 36.4 Å². The molecule has 0 aliphatic rings. The van der Waals surface area contributed by atoms with Crippen LogP contribution in [0.15, 0.2) is 57.7 Å². The number of aliphatic hydroxyl groups is 1. The van der Waals surface area contributed by atoms with E-state index in [1.54, 1.807) is 6.07 Å². The van der Waals surface area contributed by atoms with Crippen LogP contribution >= 0.6 is 0 Å². The second kappa shape index (κ2) is 6.69. The van der Waals surface area contributed by atoms with E-state index in [9.17, 15) is 9.90 Å². The summed E-state index contributed by atoms with van der Waals surface area (Å²) in [7, 11) is 0. The Labute approximate surface area is 139 Å². The molecule has 120 valence electrons. The molecule has 1 unspecified atom stereocenters. The Morgan fingerprint density at radius 1 is 1.17 bits per heavy atom. The topological polar surface area (TPSA) is 74.2 Å². The molecule has 0 fully saturated rings. The molecule has 0 amide bonds. The summed E-state index contributed by atoms with van der Waals surface area (Å²) in [6.45, 7) is 1.81. The number of hydrogen-bond acceptors (Lipinski definition) is 4. The van der Waals surface area contributed by atoms with Crippen molar-refractivity contribution < 1.29 is 9.52 Å². The van der Waals surface area contributed by atoms with Crippen LogP contribution in [0.5, 0.6) is 0 Å². The third-order valence-electron chi connectivity index (χ3n) is 4.13. The molecule has 4 heteroatoms. The predicted molar refractivity (Wildman–Crippen MR) is 92.5 cm³/mol. The van der Waals surface area contributed by atoms with E-state index >= 15 is 0 Å². The van der Waals surface area contributed by atoms with E-state index in [1.807, 2.05) is 43.3 Å². The Balaban J connectivity index is 2.15. The van der Waals surface area contributed by atoms with Crippen LogP contribution in [-0.2, 0) is 6.42 Å². The second-order valence-electron chi connectivity index (χ2n) is 5.84. The first-order valence-electron chi connectivity index (χ1n) is 7.75. The minimum atomic E-state index is -0.464. The maximum absolute atomic E-state index is 12.0. The van der Waals surface area contributed by atoms with Gasteiger partial charge in [0.1, 0.15) is 5.58 Å². The van der Waals surface area contributed by atoms with Crippen molar-refractivity contribution in [2.24, 2.45) is 5.92 Å². The zero-order valence-corrected chi connectivity index (χ0v) is 13.3. The maximum atomic E-state index is 12.0. The van der Waals surface area contributed by atoms with Crippen LogP contribution in [-0.4, -0.2) is 11.7 Å². The molecule has 2 aromatic carbocycles. The van der Waals surface area contributed by atoms with Crippen LogP contribution in [0.25, 0.3) is 22.1 Å². The van der Waals surface area contributed by atoms with E-state index < -0.39 is 11.5 Å². The normalized spacial score (nSPS) is 12.0. The van der Waals surface area contributed by atoms with E-state index in [2.05, 4.69) is 6.07 Å². The highest BCUT2D eigenvalue weighted by molar-refractivity contribution is 5.94. The molecule has 3 rings (SSSR count). The molecule has 3 aromatic rings. The Bertz CT molecular complexity index is 982. The van der Waals surface area contributed by atoms with Crippen molar-refractivity contribution in [3.05, 3.63) is 70.1 Å². The van der Waals surface area contributed by atoms with Crippen LogP contribution < -0.4 is 5.63 Å². The number of nitrogens with zero attached hydrogens (tertiary/aromatic N) is 1. The second-order valence-corrected chi connectivity index (χ2v) is 5.84. The molecule has 0 aliphatic carbocycles. The number of aliphatic hydroxyl groups excluding tert-OH is 1. The molecule has 0 bridgehead atoms. The third-order valence-corrected chi connectivity index (χ3v) is 4.13. The molecule has 0 saturated carbocycles. The summed E-state index contributed by atoms with van der Waals surface area (Å²) in [5, 5.41) is 19.0. The summed E-state index contributed by atoms with van der Waals surface area (Å²) < 4.78 is 5.35. The summed E-state index contributed by atoms with van der Waals surface area (Å²) in [5.41, 5.74) is 3.86. The number of aryl methyl sites for hydroxylation is 1. The lowest BCUT2D eigenvalue weighted by molar-refractivity contribution is 0.255. The van der Waals surface area contributed by atoms with Crippen molar-refractivity contribution in [2.45, 2.75) is 13.3 Å². The first-order valence-corrected chi connectivity index (χ1v) is 7.75. The summed E-state index contributed by atoms with van der Waals surface area (Å²) in [6, 6.07) is 17.0. The summed E-state index contributed by atoms with van der Waals surface area (Å²) in [4.78, 5) is 12.0. The molecule has 1 aromatic heterocycles. The highest BCUT2D eigenvalue weighted by Crippen LogP contribution is 2.30. The number of fused-ring (bicyclic) bond motifs is 1. The van der Waals surface area contributed by atoms with Crippen molar-refractivity contribution in [1.29, 1.82) is 5.26 Å². The third kappa shape index (κ3) is 3.08. The molecule has 1 N–H and O–H groups in total. The lowest BCUT2D eigenvalue weighted by Gasteiger charge is -2.10. The fourth-order valence-electron chi connectivity index (χ4n) is 2.87. The smallest absolute Gasteiger partial charge is 0.336 e. The number of nitriles is 1. The molecular weight excluding hydrogens is 302 g/mol. The highest BCUT2D eigenvalue weighted by Gasteiger charge is 2.12. The Kier molecular flexibility index (Phi) is 4.45. The number of benzene rings is 2. The van der Waals surface area contributed by atoms with Crippen molar-refractivity contribution in [1.82, 2.24) is 0 Å². The number of rotatable bonds is 4. The molecule has 1 atom stereocenters. The van der Waals surface area contributed by atoms with Crippen LogP contribution in [0.4, 0.5) is 0 Å². The zero-order chi connectivity index (χ0) is 17.1. The quantitative estimate of drug-likeness (QED) is 0.748. The Hall–Kier alpha value is -2.90. The molecule has 0 aliphatic heterocycles. The molecule has 1 heterocycles. The molecule has 24 heavy (non-hydrogen) atoms. The van der Waals surface area contributed by atoms with Crippen molar-refractivity contribution in [3.8, 4) is 17.2 Å². The first kappa shape index (κ1) is 16.0. The van der Waals surface area contributed by atoms with E-state index in [1.165, 1.54) is 6.07 Å². The van der Waals surface area contributed by atoms with Gasteiger partial charge in [-0.15, -0.1) is 0 Å². The summed E-state index contributed by atoms with van der Waals surface area (Å²) >= 11 is 0. The molecular formula is C20H17NO3. The van der Waals surface area contributed by atoms with Gasteiger partial charge in [-0.3, -0.25) is 0 Å². The van der Waals surface area contributed by atoms with Gasteiger partial charge in [0.2, 0.25) is 0 Å². The molecule has 0 spiro atoms. The van der Waals surface area contributed by atoms with Crippen LogP contribution in [0.2, 0.25) is 0 Å². The predicted octanol–water partition coefficient (Wildman–Crippen LogP) is 3.44. The van der Waals surface area contributed by atoms with E-state index in [0.717, 1.165) is 27.6 Å². The van der Waals surface area contributed by atoms with Crippen LogP contribution in [0.3, 0.4) is 0 Å². The summed E-state index contributed by atoms with van der Waals surface area (Å²) in [5.74, 6) is -0.464. The fourth-order valence-corrected chi connectivity index (χ4v) is 2.87. The summed E-state index contributed by atoms with van der Waals surface area (Å²) in [6.07, 6.45) is 0.418. The van der Waals surface area contributed by atoms with Gasteiger partial charge in [-0.25, -0.2) is 4.79 Å². The fraction of sp³-hybridized carbons (Fsp3) is 0.200. The van der Waals surface area contributed by atoms with Gasteiger partial charge in [-0.2, -0.15) is 5.26 Å². The first-order chi connectivity index (χ1) is 11.6. The number of hydrogen-bond donors (Lipinski definition) is 1. The van der Waals surface area contributed by atoms with Crippen molar-refractivity contribution in [2.75, 3.05) is 6.61 Å². The Morgan fingerprint density at radius 2 is 1.96 bits per heavy atom. The van der Waals surface area contributed by atoms with Gasteiger partial charge >= 0.3 is 5.63 Å². The van der Waals surface area contributed by atoms with Gasteiger partial charge in [-0.05, 0) is 36.1 Å². The minimum Gasteiger partial charge on any atom is -0.423 e. The average molecular weight is 319 g/mol. The monoisotopic (exact) mass is 319 g/mol. The molecule has 0 saturated heterocycles. The van der Waals surface area contributed by atoms with Crippen LogP contribution in [0, 0.1) is 24.2 Å². The van der Waals surface area contributed by atoms with Crippen molar-refractivity contribution in [3.63, 3.8) is 0 Å². The van der Waals surface area contributed by atoms with E-state index in [-0.39, 0.29) is 6.61 Å². The SMILES string of the molecule is Cc1ccccc1-c1cc(=O)oc2cc(CC(C#N)CO)ccc12. The zero-order valence-electron chi connectivity index (χ0n) is 13.3. The minimum absolute atomic E-state index is 0.193. The molecule has 4 nitrogen and oxygen atoms in total. The van der Waals surface area contributed by atoms with Gasteiger partial charge in [0.05, 0.1) is 18.6 Å². The Morgan fingerprint density at radius 3 is 2.67 bits per heavy atom. The van der Waals surface area contributed by atoms with Gasteiger partial charge in [0.25, 0.3) is 0 Å². The average Bonchev–Trinajstić information content (AvgIpc) is 2.59. The largest absolute Gasteiger partial charge is 0.423 e. The lowest BCUT2D eigenvalue weighted by atomic mass is 9.95. The van der Waals surface area contributed by atoms with Gasteiger partial charge < -0.3 is 9.52 Å². The van der Waals surface area contributed by atoms with Crippen molar-refractivity contribution >= 4 is 11.0 Å². The highest BCUT2D eigenvalue weighted by atomic mass is 16.4.